The Bertz CT molecular complexity index is 952. The Morgan fingerprint density at radius 2 is 0.966 bits per heavy atom. The van der Waals surface area contributed by atoms with E-state index >= 15 is 0 Å². The van der Waals surface area contributed by atoms with E-state index in [0.717, 1.165) is 19.8 Å². The van der Waals surface area contributed by atoms with Crippen LogP contribution < -0.4 is 0 Å². The molecule has 0 aromatic rings. The van der Waals surface area contributed by atoms with Gasteiger partial charge >= 0.3 is 0 Å². The van der Waals surface area contributed by atoms with Gasteiger partial charge in [-0.25, -0.2) is 0 Å². The van der Waals surface area contributed by atoms with Gasteiger partial charge in [-0.1, -0.05) is 23.9 Å². The van der Waals surface area contributed by atoms with Crippen LogP contribution in [0.2, 0.25) is 0 Å². The van der Waals surface area contributed by atoms with E-state index in [1.54, 1.807) is 23.9 Å². The van der Waals surface area contributed by atoms with Gasteiger partial charge in [0.25, 0.3) is 23.6 Å². The molecule has 0 aromatic carbocycles. The van der Waals surface area contributed by atoms with E-state index in [1.165, 1.54) is 24.3 Å². The largest absolute Gasteiger partial charge is 0.274 e. The smallest absolute Gasteiger partial charge is 0.267 e. The zero-order valence-corrected chi connectivity index (χ0v) is 15.8. The summed E-state index contributed by atoms with van der Waals surface area (Å²) in [7, 11) is 0. The van der Waals surface area contributed by atoms with Crippen molar-refractivity contribution in [3.8, 4) is 0 Å². The van der Waals surface area contributed by atoms with Gasteiger partial charge in [0, 0.05) is 47.0 Å². The predicted octanol–water partition coefficient (Wildman–Crippen LogP) is 1.97. The Kier molecular flexibility index (Phi) is 5.05. The number of nitrogens with zero attached hydrogens (tertiary/aromatic N) is 4. The number of rotatable bonds is 4. The minimum absolute atomic E-state index is 0.442. The molecule has 0 unspecified atom stereocenters. The van der Waals surface area contributed by atoms with Crippen molar-refractivity contribution in [2.45, 2.75) is 12.8 Å². The Balaban J connectivity index is 1.34. The number of hydrogen-bond donors (Lipinski definition) is 0. The Hall–Kier alpha value is -3.59. The number of carbonyl (C=O) groups excluding carboxylic acids is 4. The maximum absolute atomic E-state index is 11.6. The van der Waals surface area contributed by atoms with Crippen molar-refractivity contribution in [1.82, 2.24) is 10.0 Å². The second kappa shape index (κ2) is 7.80. The van der Waals surface area contributed by atoms with Crippen LogP contribution in [-0.2, 0) is 19.2 Å². The summed E-state index contributed by atoms with van der Waals surface area (Å²) < 4.78 is 0. The van der Waals surface area contributed by atoms with Crippen LogP contribution in [0.15, 0.2) is 80.8 Å². The van der Waals surface area contributed by atoms with Crippen LogP contribution in [-0.4, -0.2) is 45.1 Å². The Morgan fingerprint density at radius 3 is 1.28 bits per heavy atom. The molecular formula is C20H14N4O4S. The molecule has 2 heterocycles. The molecule has 0 bridgehead atoms. The molecule has 0 aromatic heterocycles. The molecule has 4 aliphatic rings. The van der Waals surface area contributed by atoms with E-state index in [0.29, 0.717) is 24.3 Å². The van der Waals surface area contributed by atoms with Gasteiger partial charge in [-0.3, -0.25) is 19.2 Å². The van der Waals surface area contributed by atoms with E-state index in [-0.39, 0.29) is 0 Å². The summed E-state index contributed by atoms with van der Waals surface area (Å²) in [4.78, 5) is 48.2. The lowest BCUT2D eigenvalue weighted by Gasteiger charge is -2.14. The highest BCUT2D eigenvalue weighted by atomic mass is 32.2. The highest BCUT2D eigenvalue weighted by molar-refractivity contribution is 8.07. The maximum Gasteiger partial charge on any atom is 0.274 e. The zero-order chi connectivity index (χ0) is 20.4. The third kappa shape index (κ3) is 4.14. The minimum Gasteiger partial charge on any atom is -0.267 e. The van der Waals surface area contributed by atoms with Crippen LogP contribution in [0.4, 0.5) is 0 Å². The fourth-order valence-corrected chi connectivity index (χ4v) is 3.59. The van der Waals surface area contributed by atoms with Gasteiger partial charge in [0.05, 0.1) is 11.4 Å². The summed E-state index contributed by atoms with van der Waals surface area (Å²) in [6, 6.07) is 0. The number of amides is 4. The SMILES string of the molecule is O=C1C=CC(=O)N1N=C1C=CC(SC2=CCC(=NN3C(=O)C=CC3=O)C=C2)=CC1. The maximum atomic E-state index is 11.6. The summed E-state index contributed by atoms with van der Waals surface area (Å²) in [5.74, 6) is -1.77. The molecule has 4 amide bonds. The standard InChI is InChI=1S/C20H14N4O4S/c25-17-9-10-18(26)23(17)21-13-1-5-15(6-2-13)29-16-7-3-14(4-8-16)22-24-19(27)11-12-20(24)28/h1,3,5-12H,2,4H2. The first kappa shape index (κ1) is 18.8. The minimum atomic E-state index is -0.442. The quantitative estimate of drug-likeness (QED) is 0.665. The fourth-order valence-electron chi connectivity index (χ4n) is 2.71. The van der Waals surface area contributed by atoms with Gasteiger partial charge in [0.15, 0.2) is 0 Å². The highest BCUT2D eigenvalue weighted by Gasteiger charge is 2.24. The molecule has 9 heteroatoms. The second-order valence-electron chi connectivity index (χ2n) is 6.22. The van der Waals surface area contributed by atoms with Gasteiger partial charge < -0.3 is 0 Å². The first-order valence-electron chi connectivity index (χ1n) is 8.71. The molecule has 8 nitrogen and oxygen atoms in total. The van der Waals surface area contributed by atoms with E-state index in [1.807, 2.05) is 24.3 Å². The lowest BCUT2D eigenvalue weighted by atomic mass is 10.1. The van der Waals surface area contributed by atoms with Crippen molar-refractivity contribution in [3.05, 3.63) is 70.6 Å². The summed E-state index contributed by atoms with van der Waals surface area (Å²) in [5.41, 5.74) is 1.24. The Labute approximate surface area is 170 Å². The average molecular weight is 406 g/mol. The first-order valence-corrected chi connectivity index (χ1v) is 9.53. The van der Waals surface area contributed by atoms with E-state index < -0.39 is 23.6 Å². The second-order valence-corrected chi connectivity index (χ2v) is 7.36. The number of hydrogen-bond acceptors (Lipinski definition) is 7. The number of thioether (sulfide) groups is 1. The zero-order valence-electron chi connectivity index (χ0n) is 15.0. The van der Waals surface area contributed by atoms with Crippen molar-refractivity contribution in [2.24, 2.45) is 10.2 Å². The van der Waals surface area contributed by atoms with E-state index in [9.17, 15) is 19.2 Å². The molecule has 0 fully saturated rings. The molecule has 4 rings (SSSR count). The molecular weight excluding hydrogens is 392 g/mol. The third-order valence-electron chi connectivity index (χ3n) is 4.17. The lowest BCUT2D eigenvalue weighted by molar-refractivity contribution is -0.138. The lowest BCUT2D eigenvalue weighted by Crippen LogP contribution is -2.25. The van der Waals surface area contributed by atoms with Crippen LogP contribution in [0.5, 0.6) is 0 Å². The molecule has 0 N–H and O–H groups in total. The monoisotopic (exact) mass is 406 g/mol. The molecule has 2 aliphatic carbocycles. The van der Waals surface area contributed by atoms with Gasteiger partial charge in [0.2, 0.25) is 0 Å². The Morgan fingerprint density at radius 1 is 0.586 bits per heavy atom. The molecule has 0 saturated carbocycles. The van der Waals surface area contributed by atoms with Gasteiger partial charge in [-0.05, 0) is 24.3 Å². The highest BCUT2D eigenvalue weighted by Crippen LogP contribution is 2.31. The number of allylic oxidation sites excluding steroid dienone is 6. The van der Waals surface area contributed by atoms with Crippen LogP contribution in [0.1, 0.15) is 12.8 Å². The van der Waals surface area contributed by atoms with Crippen molar-refractivity contribution in [3.63, 3.8) is 0 Å². The molecule has 0 spiro atoms. The summed E-state index contributed by atoms with van der Waals surface area (Å²) in [6.07, 6.45) is 17.0. The van der Waals surface area contributed by atoms with Crippen LogP contribution in [0, 0.1) is 0 Å². The van der Waals surface area contributed by atoms with E-state index in [4.69, 9.17) is 0 Å². The topological polar surface area (TPSA) is 99.5 Å². The molecule has 2 aliphatic heterocycles. The van der Waals surface area contributed by atoms with Gasteiger partial charge in [-0.2, -0.15) is 20.2 Å². The van der Waals surface area contributed by atoms with Gasteiger partial charge in [0.1, 0.15) is 0 Å². The van der Waals surface area contributed by atoms with Crippen molar-refractivity contribution < 1.29 is 19.2 Å². The van der Waals surface area contributed by atoms with Crippen LogP contribution >= 0.6 is 11.8 Å². The number of imide groups is 2. The molecule has 29 heavy (non-hydrogen) atoms. The number of hydrazone groups is 2. The molecule has 144 valence electrons. The predicted molar refractivity (Wildman–Crippen MR) is 108 cm³/mol. The first-order chi connectivity index (χ1) is 14.0. The molecule has 0 saturated heterocycles. The summed E-state index contributed by atoms with van der Waals surface area (Å²) in [5, 5.41) is 9.88. The number of carbonyl (C=O) groups is 4. The average Bonchev–Trinajstić information content (AvgIpc) is 3.21. The third-order valence-corrected chi connectivity index (χ3v) is 5.25. The van der Waals surface area contributed by atoms with Crippen molar-refractivity contribution in [1.29, 1.82) is 0 Å². The van der Waals surface area contributed by atoms with Crippen molar-refractivity contribution in [2.75, 3.05) is 0 Å². The van der Waals surface area contributed by atoms with Crippen LogP contribution in [0.3, 0.4) is 0 Å². The van der Waals surface area contributed by atoms with Crippen molar-refractivity contribution >= 4 is 46.8 Å². The molecule has 0 atom stereocenters. The fraction of sp³-hybridized carbons (Fsp3) is 0.100. The normalized spacial score (nSPS) is 23.9. The molecule has 0 radical (unpaired) electrons. The van der Waals surface area contributed by atoms with E-state index in [2.05, 4.69) is 10.2 Å². The summed E-state index contributed by atoms with van der Waals surface area (Å²) >= 11 is 1.55. The van der Waals surface area contributed by atoms with Crippen LogP contribution in [0.25, 0.3) is 0 Å². The van der Waals surface area contributed by atoms with Gasteiger partial charge in [-0.15, -0.1) is 0 Å². The summed E-state index contributed by atoms with van der Waals surface area (Å²) in [6.45, 7) is 0.